The van der Waals surface area contributed by atoms with E-state index in [0.717, 1.165) is 5.56 Å². The number of carbonyl (C=O) groups is 1. The van der Waals surface area contributed by atoms with Crippen LogP contribution in [0.5, 0.6) is 11.5 Å². The van der Waals surface area contributed by atoms with E-state index >= 15 is 0 Å². The van der Waals surface area contributed by atoms with Gasteiger partial charge in [0.2, 0.25) is 0 Å². The standard InChI is InChI=1S/C11H13BrO4/c1-15-8-4-3-7(10(6-8)16-2)5-9(12)11(13)14/h3-4,6,9H,5H2,1-2H3,(H,13,14)/t9-/m0/s1. The highest BCUT2D eigenvalue weighted by molar-refractivity contribution is 9.10. The van der Waals surface area contributed by atoms with Gasteiger partial charge in [-0.15, -0.1) is 0 Å². The largest absolute Gasteiger partial charge is 0.497 e. The summed E-state index contributed by atoms with van der Waals surface area (Å²) >= 11 is 3.09. The van der Waals surface area contributed by atoms with Gasteiger partial charge >= 0.3 is 5.97 Å². The van der Waals surface area contributed by atoms with Gasteiger partial charge < -0.3 is 14.6 Å². The lowest BCUT2D eigenvalue weighted by Crippen LogP contribution is -2.15. The van der Waals surface area contributed by atoms with Crippen LogP contribution in [0.3, 0.4) is 0 Å². The maximum atomic E-state index is 10.7. The van der Waals surface area contributed by atoms with Gasteiger partial charge in [0.05, 0.1) is 14.2 Å². The van der Waals surface area contributed by atoms with Crippen LogP contribution in [-0.2, 0) is 11.2 Å². The van der Waals surface area contributed by atoms with Crippen molar-refractivity contribution in [3.05, 3.63) is 23.8 Å². The topological polar surface area (TPSA) is 55.8 Å². The summed E-state index contributed by atoms with van der Waals surface area (Å²) in [5.74, 6) is 0.421. The Hall–Kier alpha value is -1.23. The van der Waals surface area contributed by atoms with E-state index in [0.29, 0.717) is 17.9 Å². The molecule has 5 heteroatoms. The molecule has 1 atom stereocenters. The zero-order chi connectivity index (χ0) is 12.1. The number of ether oxygens (including phenoxy) is 2. The molecule has 0 amide bonds. The first-order valence-electron chi connectivity index (χ1n) is 4.66. The van der Waals surface area contributed by atoms with Crippen molar-refractivity contribution in [3.63, 3.8) is 0 Å². The number of alkyl halides is 1. The fraction of sp³-hybridized carbons (Fsp3) is 0.364. The molecule has 4 nitrogen and oxygen atoms in total. The molecule has 0 aromatic heterocycles. The summed E-state index contributed by atoms with van der Waals surface area (Å²) in [6, 6.07) is 5.31. The van der Waals surface area contributed by atoms with Crippen molar-refractivity contribution in [2.45, 2.75) is 11.2 Å². The fourth-order valence-corrected chi connectivity index (χ4v) is 1.65. The van der Waals surface area contributed by atoms with Crippen molar-refractivity contribution < 1.29 is 19.4 Å². The molecule has 1 aromatic carbocycles. The quantitative estimate of drug-likeness (QED) is 0.843. The van der Waals surface area contributed by atoms with E-state index in [1.165, 1.54) is 0 Å². The van der Waals surface area contributed by atoms with Crippen molar-refractivity contribution in [1.82, 2.24) is 0 Å². The summed E-state index contributed by atoms with van der Waals surface area (Å²) in [5, 5.41) is 8.80. The van der Waals surface area contributed by atoms with Gasteiger partial charge in [-0.05, 0) is 18.1 Å². The Morgan fingerprint density at radius 1 is 1.44 bits per heavy atom. The second kappa shape index (κ2) is 5.75. The molecule has 0 saturated heterocycles. The van der Waals surface area contributed by atoms with Crippen LogP contribution in [0.4, 0.5) is 0 Å². The first-order chi connectivity index (χ1) is 7.58. The van der Waals surface area contributed by atoms with Crippen molar-refractivity contribution in [3.8, 4) is 11.5 Å². The molecule has 1 N–H and O–H groups in total. The SMILES string of the molecule is COc1ccc(C[C@H](Br)C(=O)O)c(OC)c1. The van der Waals surface area contributed by atoms with Crippen LogP contribution in [0.25, 0.3) is 0 Å². The van der Waals surface area contributed by atoms with E-state index in [9.17, 15) is 4.79 Å². The average Bonchev–Trinajstić information content (AvgIpc) is 2.29. The third kappa shape index (κ3) is 3.13. The molecule has 0 aliphatic heterocycles. The summed E-state index contributed by atoms with van der Waals surface area (Å²) in [4.78, 5) is 10.1. The summed E-state index contributed by atoms with van der Waals surface area (Å²) in [6.07, 6.45) is 0.364. The number of aliphatic carboxylic acids is 1. The molecule has 0 fully saturated rings. The van der Waals surface area contributed by atoms with Crippen LogP contribution >= 0.6 is 15.9 Å². The molecule has 0 spiro atoms. The maximum absolute atomic E-state index is 10.7. The molecule has 0 bridgehead atoms. The summed E-state index contributed by atoms with van der Waals surface area (Å²) < 4.78 is 10.2. The van der Waals surface area contributed by atoms with Gasteiger partial charge in [0, 0.05) is 6.07 Å². The number of hydrogen-bond donors (Lipinski definition) is 1. The van der Waals surface area contributed by atoms with Crippen molar-refractivity contribution in [1.29, 1.82) is 0 Å². The summed E-state index contributed by atoms with van der Waals surface area (Å²) in [7, 11) is 3.11. The lowest BCUT2D eigenvalue weighted by atomic mass is 10.1. The van der Waals surface area contributed by atoms with Gasteiger partial charge in [0.15, 0.2) is 0 Å². The fourth-order valence-electron chi connectivity index (χ4n) is 1.30. The highest BCUT2D eigenvalue weighted by Gasteiger charge is 2.16. The van der Waals surface area contributed by atoms with Crippen molar-refractivity contribution >= 4 is 21.9 Å². The molecule has 1 aromatic rings. The Kier molecular flexibility index (Phi) is 4.61. The Morgan fingerprint density at radius 3 is 2.62 bits per heavy atom. The molecule has 16 heavy (non-hydrogen) atoms. The Morgan fingerprint density at radius 2 is 2.12 bits per heavy atom. The maximum Gasteiger partial charge on any atom is 0.317 e. The monoisotopic (exact) mass is 288 g/mol. The first-order valence-corrected chi connectivity index (χ1v) is 5.57. The normalized spacial score (nSPS) is 11.9. The number of rotatable bonds is 5. The number of halogens is 1. The van der Waals surface area contributed by atoms with Crippen LogP contribution in [-0.4, -0.2) is 30.1 Å². The van der Waals surface area contributed by atoms with Crippen molar-refractivity contribution in [2.75, 3.05) is 14.2 Å². The lowest BCUT2D eigenvalue weighted by molar-refractivity contribution is -0.136. The van der Waals surface area contributed by atoms with Gasteiger partial charge in [-0.3, -0.25) is 4.79 Å². The van der Waals surface area contributed by atoms with Crippen LogP contribution in [0, 0.1) is 0 Å². The molecule has 0 aliphatic rings. The van der Waals surface area contributed by atoms with Crippen molar-refractivity contribution in [2.24, 2.45) is 0 Å². The molecular weight excluding hydrogens is 276 g/mol. The van der Waals surface area contributed by atoms with Gasteiger partial charge in [-0.1, -0.05) is 22.0 Å². The van der Waals surface area contributed by atoms with E-state index in [1.54, 1.807) is 32.4 Å². The Balaban J connectivity index is 2.91. The van der Waals surface area contributed by atoms with E-state index in [1.807, 2.05) is 0 Å². The van der Waals surface area contributed by atoms with Crippen LogP contribution < -0.4 is 9.47 Å². The Bertz CT molecular complexity index is 378. The van der Waals surface area contributed by atoms with E-state index in [4.69, 9.17) is 14.6 Å². The van der Waals surface area contributed by atoms with Gasteiger partial charge in [0.25, 0.3) is 0 Å². The number of carboxylic acids is 1. The minimum Gasteiger partial charge on any atom is -0.497 e. The number of methoxy groups -OCH3 is 2. The number of benzene rings is 1. The highest BCUT2D eigenvalue weighted by Crippen LogP contribution is 2.26. The second-order valence-electron chi connectivity index (χ2n) is 3.19. The average molecular weight is 289 g/mol. The molecule has 0 heterocycles. The smallest absolute Gasteiger partial charge is 0.317 e. The minimum atomic E-state index is -0.891. The minimum absolute atomic E-state index is 0.364. The van der Waals surface area contributed by atoms with Crippen LogP contribution in [0.2, 0.25) is 0 Å². The van der Waals surface area contributed by atoms with Gasteiger partial charge in [0.1, 0.15) is 16.3 Å². The Labute approximate surface area is 102 Å². The summed E-state index contributed by atoms with van der Waals surface area (Å²) in [6.45, 7) is 0. The third-order valence-corrected chi connectivity index (χ3v) is 2.88. The van der Waals surface area contributed by atoms with E-state index in [-0.39, 0.29) is 0 Å². The number of carboxylic acid groups (broad SMARTS) is 1. The number of hydrogen-bond acceptors (Lipinski definition) is 3. The lowest BCUT2D eigenvalue weighted by Gasteiger charge is -2.11. The second-order valence-corrected chi connectivity index (χ2v) is 4.29. The predicted molar refractivity (Wildman–Crippen MR) is 63.6 cm³/mol. The van der Waals surface area contributed by atoms with Crippen LogP contribution in [0.15, 0.2) is 18.2 Å². The predicted octanol–water partition coefficient (Wildman–Crippen LogP) is 2.09. The third-order valence-electron chi connectivity index (χ3n) is 2.16. The highest BCUT2D eigenvalue weighted by atomic mass is 79.9. The van der Waals surface area contributed by atoms with Gasteiger partial charge in [-0.2, -0.15) is 0 Å². The van der Waals surface area contributed by atoms with Gasteiger partial charge in [-0.25, -0.2) is 0 Å². The first kappa shape index (κ1) is 12.8. The zero-order valence-electron chi connectivity index (χ0n) is 9.07. The molecule has 0 radical (unpaired) electrons. The van der Waals surface area contributed by atoms with E-state index < -0.39 is 10.8 Å². The molecular formula is C11H13BrO4. The van der Waals surface area contributed by atoms with E-state index in [2.05, 4.69) is 15.9 Å². The molecule has 0 unspecified atom stereocenters. The molecule has 0 saturated carbocycles. The molecule has 0 aliphatic carbocycles. The summed E-state index contributed by atoms with van der Waals surface area (Å²) in [5.41, 5.74) is 0.826. The zero-order valence-corrected chi connectivity index (χ0v) is 10.7. The molecule has 1 rings (SSSR count). The van der Waals surface area contributed by atoms with Crippen LogP contribution in [0.1, 0.15) is 5.56 Å². The molecule has 88 valence electrons.